The molecule has 29 heavy (non-hydrogen) atoms. The van der Waals surface area contributed by atoms with Gasteiger partial charge in [-0.05, 0) is 49.2 Å². The molecule has 0 bridgehead atoms. The maximum atomic E-state index is 13.1. The van der Waals surface area contributed by atoms with Crippen molar-refractivity contribution in [1.82, 2.24) is 19.4 Å². The maximum absolute atomic E-state index is 13.1. The van der Waals surface area contributed by atoms with Crippen LogP contribution in [-0.4, -0.2) is 45.0 Å². The molecule has 6 heteroatoms. The van der Waals surface area contributed by atoms with Crippen LogP contribution in [0.4, 0.5) is 5.69 Å². The molecule has 1 amide bonds. The Morgan fingerprint density at radius 3 is 2.83 bits per heavy atom. The monoisotopic (exact) mass is 387 g/mol. The lowest BCUT2D eigenvalue weighted by atomic mass is 9.88. The van der Waals surface area contributed by atoms with Crippen LogP contribution in [0.5, 0.6) is 0 Å². The Bertz CT molecular complexity index is 1030. The van der Waals surface area contributed by atoms with E-state index in [-0.39, 0.29) is 11.4 Å². The summed E-state index contributed by atoms with van der Waals surface area (Å²) in [5.74, 6) is 0.983. The number of hydrogen-bond donors (Lipinski definition) is 0. The number of hydrogen-bond acceptors (Lipinski definition) is 4. The second-order valence-electron chi connectivity index (χ2n) is 7.84. The highest BCUT2D eigenvalue weighted by Crippen LogP contribution is 2.47. The first-order valence-electron chi connectivity index (χ1n) is 10.4. The molecular formula is C23H25N5O. The third kappa shape index (κ3) is 2.74. The van der Waals surface area contributed by atoms with Gasteiger partial charge in [-0.15, -0.1) is 0 Å². The second-order valence-corrected chi connectivity index (χ2v) is 7.84. The van der Waals surface area contributed by atoms with Gasteiger partial charge in [0.1, 0.15) is 11.2 Å². The number of nitrogens with zero attached hydrogens (tertiary/aromatic N) is 5. The predicted molar refractivity (Wildman–Crippen MR) is 112 cm³/mol. The van der Waals surface area contributed by atoms with E-state index in [9.17, 15) is 4.79 Å². The van der Waals surface area contributed by atoms with E-state index in [1.54, 1.807) is 12.3 Å². The van der Waals surface area contributed by atoms with E-state index in [1.807, 2.05) is 29.3 Å². The molecule has 3 aromatic rings. The minimum atomic E-state index is -0.237. The van der Waals surface area contributed by atoms with Crippen LogP contribution in [0, 0.1) is 0 Å². The fourth-order valence-electron chi connectivity index (χ4n) is 4.80. The maximum Gasteiger partial charge on any atom is 0.272 e. The van der Waals surface area contributed by atoms with Gasteiger partial charge in [-0.1, -0.05) is 19.4 Å². The lowest BCUT2D eigenvalue weighted by molar-refractivity contribution is 0.0776. The molecule has 5 heterocycles. The van der Waals surface area contributed by atoms with Crippen molar-refractivity contribution in [2.24, 2.45) is 0 Å². The number of fused-ring (bicyclic) bond motifs is 4. The number of rotatable bonds is 4. The third-order valence-electron chi connectivity index (χ3n) is 6.18. The van der Waals surface area contributed by atoms with E-state index in [0.29, 0.717) is 12.2 Å². The molecule has 1 saturated heterocycles. The lowest BCUT2D eigenvalue weighted by Gasteiger charge is -2.47. The SMILES string of the molecule is CCCCN1c2cccnc2-n2cccc2C12CCN(C(=O)c1ccccn1)C2. The highest BCUT2D eigenvalue weighted by molar-refractivity contribution is 5.92. The van der Waals surface area contributed by atoms with Gasteiger partial charge in [-0.25, -0.2) is 4.98 Å². The molecule has 0 N–H and O–H groups in total. The van der Waals surface area contributed by atoms with Gasteiger partial charge < -0.3 is 14.4 Å². The molecule has 1 atom stereocenters. The number of aromatic nitrogens is 3. The van der Waals surface area contributed by atoms with Gasteiger partial charge in [0.15, 0.2) is 5.82 Å². The molecule has 2 aliphatic rings. The van der Waals surface area contributed by atoms with E-state index in [1.165, 1.54) is 5.69 Å². The van der Waals surface area contributed by atoms with Crippen LogP contribution in [0.15, 0.2) is 61.1 Å². The second kappa shape index (κ2) is 7.03. The topological polar surface area (TPSA) is 54.3 Å². The average Bonchev–Trinajstić information content (AvgIpc) is 3.43. The van der Waals surface area contributed by atoms with Gasteiger partial charge in [0.2, 0.25) is 0 Å². The summed E-state index contributed by atoms with van der Waals surface area (Å²) in [6, 6.07) is 13.9. The van der Waals surface area contributed by atoms with Gasteiger partial charge >= 0.3 is 0 Å². The average molecular weight is 387 g/mol. The zero-order valence-electron chi connectivity index (χ0n) is 16.7. The largest absolute Gasteiger partial charge is 0.355 e. The first kappa shape index (κ1) is 17.9. The Labute approximate surface area is 170 Å². The Balaban J connectivity index is 1.57. The molecule has 0 radical (unpaired) electrons. The molecular weight excluding hydrogens is 362 g/mol. The van der Waals surface area contributed by atoms with Crippen LogP contribution in [0.1, 0.15) is 42.4 Å². The molecule has 1 fully saturated rings. The van der Waals surface area contributed by atoms with Crippen molar-refractivity contribution >= 4 is 11.6 Å². The van der Waals surface area contributed by atoms with E-state index in [2.05, 4.69) is 50.8 Å². The first-order valence-corrected chi connectivity index (χ1v) is 10.4. The van der Waals surface area contributed by atoms with Gasteiger partial charge in [-0.2, -0.15) is 0 Å². The fourth-order valence-corrected chi connectivity index (χ4v) is 4.80. The normalized spacial score (nSPS) is 20.0. The van der Waals surface area contributed by atoms with Gasteiger partial charge in [-0.3, -0.25) is 9.78 Å². The number of likely N-dealkylation sites (tertiary alicyclic amines) is 1. The summed E-state index contributed by atoms with van der Waals surface area (Å²) in [6.45, 7) is 4.55. The van der Waals surface area contributed by atoms with Gasteiger partial charge in [0.25, 0.3) is 5.91 Å². The molecule has 0 aromatic carbocycles. The van der Waals surface area contributed by atoms with E-state index in [4.69, 9.17) is 0 Å². The predicted octanol–water partition coefficient (Wildman–Crippen LogP) is 3.63. The number of carbonyl (C=O) groups is 1. The summed E-state index contributed by atoms with van der Waals surface area (Å²) in [5.41, 5.74) is 2.64. The summed E-state index contributed by atoms with van der Waals surface area (Å²) in [7, 11) is 0. The van der Waals surface area contributed by atoms with Crippen molar-refractivity contribution in [2.75, 3.05) is 24.5 Å². The highest BCUT2D eigenvalue weighted by atomic mass is 16.2. The molecule has 0 aliphatic carbocycles. The zero-order valence-corrected chi connectivity index (χ0v) is 16.7. The Morgan fingerprint density at radius 2 is 2.00 bits per heavy atom. The molecule has 6 nitrogen and oxygen atoms in total. The van der Waals surface area contributed by atoms with Crippen LogP contribution in [0.25, 0.3) is 5.82 Å². The highest BCUT2D eigenvalue weighted by Gasteiger charge is 2.50. The molecule has 1 spiro atoms. The number of carbonyl (C=O) groups excluding carboxylic acids is 1. The summed E-state index contributed by atoms with van der Waals surface area (Å²) in [4.78, 5) is 26.5. The van der Waals surface area contributed by atoms with Crippen LogP contribution >= 0.6 is 0 Å². The summed E-state index contributed by atoms with van der Waals surface area (Å²) in [5, 5.41) is 0. The molecule has 0 saturated carbocycles. The minimum absolute atomic E-state index is 0.00741. The zero-order chi connectivity index (χ0) is 19.8. The smallest absolute Gasteiger partial charge is 0.272 e. The fraction of sp³-hybridized carbons (Fsp3) is 0.348. The van der Waals surface area contributed by atoms with Crippen molar-refractivity contribution in [3.63, 3.8) is 0 Å². The number of pyridine rings is 2. The number of anilines is 1. The minimum Gasteiger partial charge on any atom is -0.355 e. The summed E-state index contributed by atoms with van der Waals surface area (Å²) in [6.07, 6.45) is 8.74. The summed E-state index contributed by atoms with van der Waals surface area (Å²) >= 11 is 0. The number of unbranched alkanes of at least 4 members (excludes halogenated alkanes) is 1. The van der Waals surface area contributed by atoms with Crippen LogP contribution in [-0.2, 0) is 5.54 Å². The van der Waals surface area contributed by atoms with Crippen LogP contribution < -0.4 is 4.90 Å². The molecule has 2 aliphatic heterocycles. The van der Waals surface area contributed by atoms with Crippen molar-refractivity contribution in [1.29, 1.82) is 0 Å². The van der Waals surface area contributed by atoms with Crippen molar-refractivity contribution in [3.05, 3.63) is 72.4 Å². The van der Waals surface area contributed by atoms with Crippen LogP contribution in [0.2, 0.25) is 0 Å². The van der Waals surface area contributed by atoms with E-state index < -0.39 is 0 Å². The van der Waals surface area contributed by atoms with Gasteiger partial charge in [0, 0.05) is 38.2 Å². The lowest BCUT2D eigenvalue weighted by Crippen LogP contribution is -2.53. The van der Waals surface area contributed by atoms with Crippen LogP contribution in [0.3, 0.4) is 0 Å². The van der Waals surface area contributed by atoms with Gasteiger partial charge in [0.05, 0.1) is 11.4 Å². The summed E-state index contributed by atoms with van der Waals surface area (Å²) < 4.78 is 2.20. The van der Waals surface area contributed by atoms with E-state index in [0.717, 1.165) is 43.9 Å². The molecule has 5 rings (SSSR count). The van der Waals surface area contributed by atoms with Crippen molar-refractivity contribution in [3.8, 4) is 5.82 Å². The third-order valence-corrected chi connectivity index (χ3v) is 6.18. The Morgan fingerprint density at radius 1 is 1.10 bits per heavy atom. The molecule has 148 valence electrons. The van der Waals surface area contributed by atoms with Crippen molar-refractivity contribution < 1.29 is 4.79 Å². The standard InChI is InChI=1S/C23H25N5O/c1-2-3-15-28-19-9-6-13-25-21(19)27-14-7-10-20(27)23(28)11-16-26(17-23)22(29)18-8-4-5-12-24-18/h4-10,12-14H,2-3,11,15-17H2,1H3. The first-order chi connectivity index (χ1) is 14.2. The van der Waals surface area contributed by atoms with E-state index >= 15 is 0 Å². The molecule has 3 aromatic heterocycles. The van der Waals surface area contributed by atoms with Crippen molar-refractivity contribution in [2.45, 2.75) is 31.7 Å². The Kier molecular flexibility index (Phi) is 4.34. The Hall–Kier alpha value is -3.15. The number of amides is 1. The molecule has 1 unspecified atom stereocenters. The quantitative estimate of drug-likeness (QED) is 0.686.